The molecule has 1 aromatic heterocycles. The number of hydrogen-bond acceptors (Lipinski definition) is 6. The van der Waals surface area contributed by atoms with E-state index in [1.807, 2.05) is 13.8 Å². The topological polar surface area (TPSA) is 94.8 Å². The lowest BCUT2D eigenvalue weighted by Gasteiger charge is -2.11. The second-order valence-electron chi connectivity index (χ2n) is 8.89. The van der Waals surface area contributed by atoms with Crippen LogP contribution in [0.4, 0.5) is 5.69 Å². The molecular formula is C28H33NO6. The molecular weight excluding hydrogens is 446 g/mol. The molecule has 1 amide bonds. The zero-order valence-corrected chi connectivity index (χ0v) is 20.6. The number of unbranched alkanes of at least 4 members (excludes halogenated alkanes) is 4. The minimum Gasteiger partial charge on any atom is -0.494 e. The molecule has 0 saturated heterocycles. The summed E-state index contributed by atoms with van der Waals surface area (Å²) in [6.45, 7) is 6.85. The molecule has 0 fully saturated rings. The highest BCUT2D eigenvalue weighted by Crippen LogP contribution is 2.24. The molecule has 0 saturated carbocycles. The highest BCUT2D eigenvalue weighted by atomic mass is 16.5. The Labute approximate surface area is 205 Å². The van der Waals surface area contributed by atoms with Crippen LogP contribution in [0.5, 0.6) is 5.75 Å². The van der Waals surface area contributed by atoms with Crippen LogP contribution in [0.1, 0.15) is 73.8 Å². The van der Waals surface area contributed by atoms with Crippen molar-refractivity contribution in [3.05, 3.63) is 70.1 Å². The Balaban J connectivity index is 1.70. The number of nitrogens with one attached hydrogen (secondary N) is 1. The Morgan fingerprint density at radius 2 is 1.74 bits per heavy atom. The van der Waals surface area contributed by atoms with Crippen LogP contribution in [0, 0.1) is 5.92 Å². The first-order valence-electron chi connectivity index (χ1n) is 12.2. The molecule has 0 unspecified atom stereocenters. The maximum absolute atomic E-state index is 12.8. The van der Waals surface area contributed by atoms with Crippen LogP contribution in [0.3, 0.4) is 0 Å². The molecule has 7 heteroatoms. The number of rotatable bonds is 12. The summed E-state index contributed by atoms with van der Waals surface area (Å²) >= 11 is 0. The molecule has 0 radical (unpaired) electrons. The third-order valence-electron chi connectivity index (χ3n) is 5.38. The Kier molecular flexibility index (Phi) is 9.47. The van der Waals surface area contributed by atoms with Gasteiger partial charge in [0.15, 0.2) is 11.0 Å². The third kappa shape index (κ3) is 7.44. The van der Waals surface area contributed by atoms with E-state index in [0.717, 1.165) is 18.9 Å². The fourth-order valence-electron chi connectivity index (χ4n) is 3.48. The van der Waals surface area contributed by atoms with Crippen LogP contribution in [-0.4, -0.2) is 25.1 Å². The van der Waals surface area contributed by atoms with Gasteiger partial charge in [0.25, 0.3) is 5.91 Å². The first kappa shape index (κ1) is 26.0. The third-order valence-corrected chi connectivity index (χ3v) is 5.38. The van der Waals surface area contributed by atoms with Crippen LogP contribution >= 0.6 is 0 Å². The van der Waals surface area contributed by atoms with E-state index >= 15 is 0 Å². The number of para-hydroxylation sites is 1. The quantitative estimate of drug-likeness (QED) is 0.245. The molecule has 0 spiro atoms. The van der Waals surface area contributed by atoms with Crippen LogP contribution < -0.4 is 15.5 Å². The van der Waals surface area contributed by atoms with Gasteiger partial charge in [-0.3, -0.25) is 9.59 Å². The molecule has 0 aliphatic heterocycles. The van der Waals surface area contributed by atoms with Gasteiger partial charge in [0.2, 0.25) is 5.76 Å². The molecule has 0 aliphatic carbocycles. The van der Waals surface area contributed by atoms with Gasteiger partial charge in [0, 0.05) is 11.6 Å². The predicted octanol–water partition coefficient (Wildman–Crippen LogP) is 6.21. The zero-order valence-electron chi connectivity index (χ0n) is 20.6. The van der Waals surface area contributed by atoms with Gasteiger partial charge in [-0.2, -0.15) is 0 Å². The Morgan fingerprint density at radius 1 is 1.00 bits per heavy atom. The van der Waals surface area contributed by atoms with Crippen LogP contribution in [-0.2, 0) is 4.74 Å². The number of esters is 1. The number of carbonyl (C=O) groups is 2. The molecule has 0 aliphatic rings. The predicted molar refractivity (Wildman–Crippen MR) is 136 cm³/mol. The number of hydrogen-bond donors (Lipinski definition) is 1. The van der Waals surface area contributed by atoms with Gasteiger partial charge in [0.1, 0.15) is 5.75 Å². The zero-order chi connectivity index (χ0) is 25.2. The van der Waals surface area contributed by atoms with Gasteiger partial charge in [-0.05, 0) is 48.7 Å². The van der Waals surface area contributed by atoms with Crippen LogP contribution in [0.25, 0.3) is 11.0 Å². The van der Waals surface area contributed by atoms with Crippen molar-refractivity contribution in [2.24, 2.45) is 5.92 Å². The summed E-state index contributed by atoms with van der Waals surface area (Å²) in [5.74, 6) is -0.457. The van der Waals surface area contributed by atoms with E-state index < -0.39 is 11.4 Å². The summed E-state index contributed by atoms with van der Waals surface area (Å²) in [7, 11) is 0. The number of carbonyl (C=O) groups excluding carboxylic acids is 2. The highest BCUT2D eigenvalue weighted by Gasteiger charge is 2.17. The van der Waals surface area contributed by atoms with E-state index in [0.29, 0.717) is 17.9 Å². The van der Waals surface area contributed by atoms with Crippen LogP contribution in [0.2, 0.25) is 0 Å². The molecule has 2 aromatic carbocycles. The van der Waals surface area contributed by atoms with E-state index in [1.165, 1.54) is 19.3 Å². The van der Waals surface area contributed by atoms with Crippen molar-refractivity contribution >= 4 is 28.5 Å². The van der Waals surface area contributed by atoms with E-state index in [-0.39, 0.29) is 40.8 Å². The summed E-state index contributed by atoms with van der Waals surface area (Å²) in [6.07, 6.45) is 5.82. The minimum atomic E-state index is -0.722. The van der Waals surface area contributed by atoms with Gasteiger partial charge in [-0.1, -0.05) is 52.5 Å². The molecule has 3 rings (SSSR count). The van der Waals surface area contributed by atoms with Crippen molar-refractivity contribution in [1.29, 1.82) is 0 Å². The standard InChI is InChI=1S/C28H33NO6/c1-4-5-6-7-8-16-33-21-14-12-20(13-15-21)27(31)29-23-11-9-10-22-24(30)17-25(35-26(22)23)28(32)34-18-19(2)3/h9-15,17,19H,4-8,16,18H2,1-3H3,(H,29,31). The first-order valence-corrected chi connectivity index (χ1v) is 12.2. The molecule has 7 nitrogen and oxygen atoms in total. The fraction of sp³-hybridized carbons (Fsp3) is 0.393. The van der Waals surface area contributed by atoms with Gasteiger partial charge in [0.05, 0.1) is 24.3 Å². The summed E-state index contributed by atoms with van der Waals surface area (Å²) in [5.41, 5.74) is 0.436. The van der Waals surface area contributed by atoms with Crippen molar-refractivity contribution in [3.63, 3.8) is 0 Å². The summed E-state index contributed by atoms with van der Waals surface area (Å²) in [5, 5.41) is 3.03. The number of ether oxygens (including phenoxy) is 2. The summed E-state index contributed by atoms with van der Waals surface area (Å²) in [6, 6.07) is 12.8. The SMILES string of the molecule is CCCCCCCOc1ccc(C(=O)Nc2cccc3c(=O)cc(C(=O)OCC(C)C)oc23)cc1. The average molecular weight is 480 g/mol. The minimum absolute atomic E-state index is 0.118. The van der Waals surface area contributed by atoms with Crippen LogP contribution in [0.15, 0.2) is 57.7 Å². The van der Waals surface area contributed by atoms with Crippen molar-refractivity contribution in [2.75, 3.05) is 18.5 Å². The second-order valence-corrected chi connectivity index (χ2v) is 8.89. The fourth-order valence-corrected chi connectivity index (χ4v) is 3.48. The Morgan fingerprint density at radius 3 is 2.46 bits per heavy atom. The molecule has 1 N–H and O–H groups in total. The molecule has 0 atom stereocenters. The average Bonchev–Trinajstić information content (AvgIpc) is 2.85. The van der Waals surface area contributed by atoms with Gasteiger partial charge >= 0.3 is 5.97 Å². The Hall–Kier alpha value is -3.61. The smallest absolute Gasteiger partial charge is 0.374 e. The second kappa shape index (κ2) is 12.7. The van der Waals surface area contributed by atoms with E-state index in [9.17, 15) is 14.4 Å². The summed E-state index contributed by atoms with van der Waals surface area (Å²) in [4.78, 5) is 37.7. The lowest BCUT2D eigenvalue weighted by atomic mass is 10.1. The number of amides is 1. The van der Waals surface area contributed by atoms with Gasteiger partial charge in [-0.25, -0.2) is 4.79 Å². The first-order chi connectivity index (χ1) is 16.9. The van der Waals surface area contributed by atoms with Crippen molar-refractivity contribution in [3.8, 4) is 5.75 Å². The summed E-state index contributed by atoms with van der Waals surface area (Å²) < 4.78 is 16.6. The van der Waals surface area contributed by atoms with Crippen molar-refractivity contribution in [1.82, 2.24) is 0 Å². The molecule has 1 heterocycles. The van der Waals surface area contributed by atoms with Crippen molar-refractivity contribution < 1.29 is 23.5 Å². The molecule has 0 bridgehead atoms. The lowest BCUT2D eigenvalue weighted by molar-refractivity contribution is 0.0423. The lowest BCUT2D eigenvalue weighted by Crippen LogP contribution is -2.15. The van der Waals surface area contributed by atoms with E-state index in [4.69, 9.17) is 13.9 Å². The Bertz CT molecular complexity index is 1200. The molecule has 3 aromatic rings. The number of benzene rings is 2. The number of fused-ring (bicyclic) bond motifs is 1. The monoisotopic (exact) mass is 479 g/mol. The van der Waals surface area contributed by atoms with Crippen molar-refractivity contribution in [2.45, 2.75) is 52.9 Å². The van der Waals surface area contributed by atoms with Gasteiger partial charge in [-0.15, -0.1) is 0 Å². The normalized spacial score (nSPS) is 11.0. The molecule has 35 heavy (non-hydrogen) atoms. The number of anilines is 1. The van der Waals surface area contributed by atoms with E-state index in [2.05, 4.69) is 12.2 Å². The maximum atomic E-state index is 12.8. The molecule has 186 valence electrons. The van der Waals surface area contributed by atoms with Gasteiger partial charge < -0.3 is 19.2 Å². The maximum Gasteiger partial charge on any atom is 0.374 e. The van der Waals surface area contributed by atoms with E-state index in [1.54, 1.807) is 42.5 Å². The highest BCUT2D eigenvalue weighted by molar-refractivity contribution is 6.08. The largest absolute Gasteiger partial charge is 0.494 e.